The Morgan fingerprint density at radius 2 is 2.13 bits per heavy atom. The highest BCUT2D eigenvalue weighted by Gasteiger charge is 2.21. The van der Waals surface area contributed by atoms with Gasteiger partial charge in [0.2, 0.25) is 5.88 Å². The van der Waals surface area contributed by atoms with Gasteiger partial charge < -0.3 is 14.2 Å². The van der Waals surface area contributed by atoms with Crippen LogP contribution in [0.2, 0.25) is 0 Å². The number of hydrogen-bond donors (Lipinski definition) is 0. The van der Waals surface area contributed by atoms with Gasteiger partial charge in [-0.1, -0.05) is 0 Å². The highest BCUT2D eigenvalue weighted by atomic mass is 16.5. The monoisotopic (exact) mass is 319 g/mol. The molecule has 23 heavy (non-hydrogen) atoms. The maximum absolute atomic E-state index is 12.0. The van der Waals surface area contributed by atoms with Crippen molar-refractivity contribution in [2.24, 2.45) is 0 Å². The van der Waals surface area contributed by atoms with Crippen LogP contribution >= 0.6 is 0 Å². The minimum absolute atomic E-state index is 0.0964. The van der Waals surface area contributed by atoms with Gasteiger partial charge in [0.15, 0.2) is 5.65 Å². The minimum atomic E-state index is -0.464. The summed E-state index contributed by atoms with van der Waals surface area (Å²) in [6.07, 6.45) is 3.67. The van der Waals surface area contributed by atoms with Crippen molar-refractivity contribution >= 4 is 17.0 Å². The van der Waals surface area contributed by atoms with Crippen LogP contribution in [0.25, 0.3) is 11.0 Å². The SMILES string of the molecule is COC(=O)c1cc2cn(C3CCOCC3)nc2nc1OC(C)C. The zero-order chi connectivity index (χ0) is 16.4. The Labute approximate surface area is 134 Å². The van der Waals surface area contributed by atoms with Gasteiger partial charge in [-0.15, -0.1) is 0 Å². The first-order valence-electron chi connectivity index (χ1n) is 7.81. The summed E-state index contributed by atoms with van der Waals surface area (Å²) in [6.45, 7) is 5.24. The molecule has 1 aliphatic heterocycles. The number of rotatable bonds is 4. The third-order valence-electron chi connectivity index (χ3n) is 3.80. The lowest BCUT2D eigenvalue weighted by molar-refractivity contribution is 0.0593. The number of pyridine rings is 1. The molecule has 124 valence electrons. The fraction of sp³-hybridized carbons (Fsp3) is 0.562. The summed E-state index contributed by atoms with van der Waals surface area (Å²) in [5, 5.41) is 5.35. The normalized spacial score (nSPS) is 16.0. The van der Waals surface area contributed by atoms with E-state index in [0.717, 1.165) is 31.4 Å². The van der Waals surface area contributed by atoms with E-state index in [2.05, 4.69) is 10.1 Å². The van der Waals surface area contributed by atoms with Gasteiger partial charge in [-0.2, -0.15) is 10.1 Å². The van der Waals surface area contributed by atoms with Crippen LogP contribution in [0, 0.1) is 0 Å². The number of esters is 1. The maximum atomic E-state index is 12.0. The summed E-state index contributed by atoms with van der Waals surface area (Å²) in [5.74, 6) is -0.203. The van der Waals surface area contributed by atoms with E-state index < -0.39 is 5.97 Å². The van der Waals surface area contributed by atoms with Gasteiger partial charge in [-0.3, -0.25) is 4.68 Å². The molecular formula is C16H21N3O4. The smallest absolute Gasteiger partial charge is 0.343 e. The zero-order valence-electron chi connectivity index (χ0n) is 13.6. The Morgan fingerprint density at radius 3 is 2.78 bits per heavy atom. The molecule has 7 nitrogen and oxygen atoms in total. The molecule has 0 N–H and O–H groups in total. The zero-order valence-corrected chi connectivity index (χ0v) is 13.6. The maximum Gasteiger partial charge on any atom is 0.343 e. The van der Waals surface area contributed by atoms with Crippen molar-refractivity contribution in [1.82, 2.24) is 14.8 Å². The van der Waals surface area contributed by atoms with Gasteiger partial charge in [0.05, 0.1) is 19.3 Å². The second kappa shape index (κ2) is 6.54. The summed E-state index contributed by atoms with van der Waals surface area (Å²) in [5.41, 5.74) is 0.889. The van der Waals surface area contributed by atoms with E-state index in [-0.39, 0.29) is 12.0 Å². The van der Waals surface area contributed by atoms with Crippen molar-refractivity contribution in [1.29, 1.82) is 0 Å². The quantitative estimate of drug-likeness (QED) is 0.805. The van der Waals surface area contributed by atoms with Crippen LogP contribution in [0.1, 0.15) is 43.1 Å². The number of aromatic nitrogens is 3. The molecule has 2 aromatic rings. The molecule has 1 fully saturated rings. The van der Waals surface area contributed by atoms with Crippen molar-refractivity contribution in [3.05, 3.63) is 17.8 Å². The lowest BCUT2D eigenvalue weighted by Gasteiger charge is -2.21. The number of fused-ring (bicyclic) bond motifs is 1. The van der Waals surface area contributed by atoms with Gasteiger partial charge in [-0.25, -0.2) is 4.79 Å². The van der Waals surface area contributed by atoms with Crippen molar-refractivity contribution in [3.63, 3.8) is 0 Å². The Balaban J connectivity index is 2.01. The molecule has 0 bridgehead atoms. The standard InChI is InChI=1S/C16H21N3O4/c1-10(2)23-15-13(16(20)21-3)8-11-9-19(18-14(11)17-15)12-4-6-22-7-5-12/h8-10,12H,4-7H2,1-3H3. The predicted octanol–water partition coefficient (Wildman–Crippen LogP) is 2.36. The molecule has 0 radical (unpaired) electrons. The van der Waals surface area contributed by atoms with Crippen molar-refractivity contribution < 1.29 is 19.0 Å². The minimum Gasteiger partial charge on any atom is -0.474 e. The van der Waals surface area contributed by atoms with E-state index in [4.69, 9.17) is 14.2 Å². The van der Waals surface area contributed by atoms with E-state index in [1.807, 2.05) is 24.7 Å². The van der Waals surface area contributed by atoms with Crippen LogP contribution in [0.3, 0.4) is 0 Å². The average Bonchev–Trinajstić information content (AvgIpc) is 2.96. The molecule has 1 aliphatic rings. The van der Waals surface area contributed by atoms with Crippen LogP contribution in [0.4, 0.5) is 0 Å². The first-order chi connectivity index (χ1) is 11.1. The summed E-state index contributed by atoms with van der Waals surface area (Å²) < 4.78 is 17.8. The topological polar surface area (TPSA) is 75.5 Å². The van der Waals surface area contributed by atoms with E-state index in [1.54, 1.807) is 6.07 Å². The van der Waals surface area contributed by atoms with Gasteiger partial charge in [0, 0.05) is 24.8 Å². The van der Waals surface area contributed by atoms with E-state index in [1.165, 1.54) is 7.11 Å². The van der Waals surface area contributed by atoms with Gasteiger partial charge >= 0.3 is 5.97 Å². The number of methoxy groups -OCH3 is 1. The first-order valence-corrected chi connectivity index (χ1v) is 7.81. The van der Waals surface area contributed by atoms with Crippen LogP contribution in [-0.4, -0.2) is 47.2 Å². The van der Waals surface area contributed by atoms with Crippen molar-refractivity contribution in [3.8, 4) is 5.88 Å². The van der Waals surface area contributed by atoms with Crippen LogP contribution in [0.5, 0.6) is 5.88 Å². The molecule has 3 heterocycles. The van der Waals surface area contributed by atoms with Crippen molar-refractivity contribution in [2.75, 3.05) is 20.3 Å². The Hall–Kier alpha value is -2.15. The second-order valence-electron chi connectivity index (χ2n) is 5.86. The Kier molecular flexibility index (Phi) is 4.47. The van der Waals surface area contributed by atoms with Crippen LogP contribution in [-0.2, 0) is 9.47 Å². The number of carbonyl (C=O) groups excluding carboxylic acids is 1. The summed E-state index contributed by atoms with van der Waals surface area (Å²) in [7, 11) is 1.34. The summed E-state index contributed by atoms with van der Waals surface area (Å²) >= 11 is 0. The molecule has 1 saturated heterocycles. The number of nitrogens with zero attached hydrogens (tertiary/aromatic N) is 3. The fourth-order valence-corrected chi connectivity index (χ4v) is 2.66. The molecule has 2 aromatic heterocycles. The molecule has 0 saturated carbocycles. The van der Waals surface area contributed by atoms with E-state index >= 15 is 0 Å². The van der Waals surface area contributed by atoms with Crippen LogP contribution in [0.15, 0.2) is 12.3 Å². The molecule has 0 atom stereocenters. The van der Waals surface area contributed by atoms with Gasteiger partial charge in [0.25, 0.3) is 0 Å². The lowest BCUT2D eigenvalue weighted by atomic mass is 10.1. The van der Waals surface area contributed by atoms with Crippen LogP contribution < -0.4 is 4.74 Å². The molecule has 7 heteroatoms. The summed E-state index contributed by atoms with van der Waals surface area (Å²) in [6, 6.07) is 2.03. The molecule has 0 aromatic carbocycles. The second-order valence-corrected chi connectivity index (χ2v) is 5.86. The first kappa shape index (κ1) is 15.7. The number of carbonyl (C=O) groups is 1. The van der Waals surface area contributed by atoms with Gasteiger partial charge in [0.1, 0.15) is 5.56 Å². The largest absolute Gasteiger partial charge is 0.474 e. The third kappa shape index (κ3) is 3.29. The molecule has 0 unspecified atom stereocenters. The molecular weight excluding hydrogens is 298 g/mol. The lowest BCUT2D eigenvalue weighted by Crippen LogP contribution is -2.19. The number of ether oxygens (including phenoxy) is 3. The van der Waals surface area contributed by atoms with E-state index in [9.17, 15) is 4.79 Å². The number of hydrogen-bond acceptors (Lipinski definition) is 6. The predicted molar refractivity (Wildman–Crippen MR) is 83.7 cm³/mol. The average molecular weight is 319 g/mol. The van der Waals surface area contributed by atoms with Crippen molar-refractivity contribution in [2.45, 2.75) is 38.8 Å². The molecule has 0 amide bonds. The summed E-state index contributed by atoms with van der Waals surface area (Å²) in [4.78, 5) is 16.4. The highest BCUT2D eigenvalue weighted by Crippen LogP contribution is 2.26. The molecule has 0 spiro atoms. The third-order valence-corrected chi connectivity index (χ3v) is 3.80. The molecule has 0 aliphatic carbocycles. The Bertz CT molecular complexity index is 705. The Morgan fingerprint density at radius 1 is 1.39 bits per heavy atom. The highest BCUT2D eigenvalue weighted by molar-refractivity contribution is 5.95. The van der Waals surface area contributed by atoms with Gasteiger partial charge in [-0.05, 0) is 32.8 Å². The fourth-order valence-electron chi connectivity index (χ4n) is 2.66. The van der Waals surface area contributed by atoms with E-state index in [0.29, 0.717) is 17.3 Å². The molecule has 3 rings (SSSR count).